The molecule has 0 aliphatic rings. The summed E-state index contributed by atoms with van der Waals surface area (Å²) >= 11 is 16.0. The van der Waals surface area contributed by atoms with Crippen LogP contribution in [0.2, 0.25) is 10.0 Å². The summed E-state index contributed by atoms with van der Waals surface area (Å²) in [5, 5.41) is 5.72. The van der Waals surface area contributed by atoms with E-state index in [9.17, 15) is 9.59 Å². The maximum absolute atomic E-state index is 13.7. The van der Waals surface area contributed by atoms with Gasteiger partial charge in [0.25, 0.3) is 5.91 Å². The lowest BCUT2D eigenvalue weighted by atomic mass is 10.0. The number of hydrogen-bond donors (Lipinski definition) is 1. The highest BCUT2D eigenvalue weighted by atomic mass is 79.9. The van der Waals surface area contributed by atoms with Crippen molar-refractivity contribution in [2.45, 2.75) is 25.9 Å². The minimum Gasteiger partial charge on any atom is -0.483 e. The van der Waals surface area contributed by atoms with Crippen molar-refractivity contribution in [3.8, 4) is 5.75 Å². The summed E-state index contributed by atoms with van der Waals surface area (Å²) < 4.78 is 6.76. The van der Waals surface area contributed by atoms with E-state index in [1.54, 1.807) is 23.1 Å². The normalized spacial score (nSPS) is 11.7. The van der Waals surface area contributed by atoms with Gasteiger partial charge in [-0.2, -0.15) is 0 Å². The second-order valence-electron chi connectivity index (χ2n) is 8.76. The quantitative estimate of drug-likeness (QED) is 0.208. The molecule has 0 bridgehead atoms. The second-order valence-corrected chi connectivity index (χ2v) is 10.4. The van der Waals surface area contributed by atoms with Crippen LogP contribution in [0.3, 0.4) is 0 Å². The third-order valence-corrected chi connectivity index (χ3v) is 7.70. The van der Waals surface area contributed by atoms with Gasteiger partial charge in [-0.3, -0.25) is 9.59 Å². The molecule has 0 spiro atoms. The number of hydrogen-bond acceptors (Lipinski definition) is 3. The SMILES string of the molecule is CCNC(=O)[C@@H](Cc1ccccc1)N(Cc1ccc(Cl)c(Cl)c1)C(=O)COc1ccc2ccccc2c1Br. The molecule has 8 heteroatoms. The first-order valence-corrected chi connectivity index (χ1v) is 13.8. The van der Waals surface area contributed by atoms with Crippen molar-refractivity contribution < 1.29 is 14.3 Å². The summed E-state index contributed by atoms with van der Waals surface area (Å²) in [7, 11) is 0. The highest BCUT2D eigenvalue weighted by Gasteiger charge is 2.30. The van der Waals surface area contributed by atoms with E-state index in [0.717, 1.165) is 26.4 Å². The van der Waals surface area contributed by atoms with Crippen LogP contribution in [0, 0.1) is 0 Å². The number of carbonyl (C=O) groups is 2. The Labute approximate surface area is 240 Å². The Hall–Kier alpha value is -3.06. The minimum atomic E-state index is -0.761. The van der Waals surface area contributed by atoms with Gasteiger partial charge in [-0.1, -0.05) is 89.9 Å². The van der Waals surface area contributed by atoms with E-state index in [-0.39, 0.29) is 25.0 Å². The fourth-order valence-corrected chi connectivity index (χ4v) is 5.16. The van der Waals surface area contributed by atoms with E-state index in [4.69, 9.17) is 27.9 Å². The van der Waals surface area contributed by atoms with Crippen LogP contribution in [0.4, 0.5) is 0 Å². The number of nitrogens with zero attached hydrogens (tertiary/aromatic N) is 1. The molecule has 0 aliphatic carbocycles. The topological polar surface area (TPSA) is 58.6 Å². The fraction of sp³-hybridized carbons (Fsp3) is 0.200. The maximum atomic E-state index is 13.7. The van der Waals surface area contributed by atoms with Crippen LogP contribution in [0.5, 0.6) is 5.75 Å². The molecule has 0 aliphatic heterocycles. The molecule has 4 aromatic carbocycles. The molecule has 0 saturated carbocycles. The van der Waals surface area contributed by atoms with Crippen LogP contribution in [0.15, 0.2) is 89.4 Å². The molecule has 0 fully saturated rings. The lowest BCUT2D eigenvalue weighted by Gasteiger charge is -2.31. The van der Waals surface area contributed by atoms with Crippen LogP contribution >= 0.6 is 39.1 Å². The third-order valence-electron chi connectivity index (χ3n) is 6.14. The number of halogens is 3. The Morgan fingerprint density at radius 1 is 0.921 bits per heavy atom. The van der Waals surface area contributed by atoms with Crippen molar-refractivity contribution in [2.24, 2.45) is 0 Å². The Balaban J connectivity index is 1.64. The van der Waals surface area contributed by atoms with Crippen molar-refractivity contribution in [2.75, 3.05) is 13.2 Å². The molecule has 0 unspecified atom stereocenters. The Kier molecular flexibility index (Phi) is 9.67. The summed E-state index contributed by atoms with van der Waals surface area (Å²) in [5.74, 6) is -0.0240. The monoisotopic (exact) mass is 612 g/mol. The van der Waals surface area contributed by atoms with Crippen LogP contribution in [0.1, 0.15) is 18.1 Å². The molecular formula is C30H27BrCl2N2O3. The molecule has 2 amide bonds. The molecular weight excluding hydrogens is 587 g/mol. The van der Waals surface area contributed by atoms with Crippen LogP contribution in [0.25, 0.3) is 10.8 Å². The second kappa shape index (κ2) is 13.1. The molecule has 196 valence electrons. The first-order chi connectivity index (χ1) is 18.4. The molecule has 1 atom stereocenters. The zero-order valence-corrected chi connectivity index (χ0v) is 23.9. The largest absolute Gasteiger partial charge is 0.483 e. The number of benzene rings is 4. The summed E-state index contributed by atoms with van der Waals surface area (Å²) in [6, 6.07) is 25.7. The van der Waals surface area contributed by atoms with Gasteiger partial charge in [0.15, 0.2) is 6.61 Å². The first kappa shape index (κ1) is 28.0. The van der Waals surface area contributed by atoms with E-state index >= 15 is 0 Å². The number of nitrogens with one attached hydrogen (secondary N) is 1. The van der Waals surface area contributed by atoms with Gasteiger partial charge in [-0.25, -0.2) is 0 Å². The Morgan fingerprint density at radius 2 is 1.66 bits per heavy atom. The molecule has 4 aromatic rings. The van der Waals surface area contributed by atoms with Crippen molar-refractivity contribution in [1.29, 1.82) is 0 Å². The summed E-state index contributed by atoms with van der Waals surface area (Å²) in [6.45, 7) is 2.21. The van der Waals surface area contributed by atoms with Gasteiger partial charge in [0.1, 0.15) is 11.8 Å². The Morgan fingerprint density at radius 3 is 2.39 bits per heavy atom. The molecule has 0 aromatic heterocycles. The average Bonchev–Trinajstić information content (AvgIpc) is 2.93. The summed E-state index contributed by atoms with van der Waals surface area (Å²) in [5.41, 5.74) is 1.69. The van der Waals surface area contributed by atoms with Gasteiger partial charge in [0.2, 0.25) is 5.91 Å². The lowest BCUT2D eigenvalue weighted by molar-refractivity contribution is -0.142. The van der Waals surface area contributed by atoms with Gasteiger partial charge < -0.3 is 15.0 Å². The van der Waals surface area contributed by atoms with E-state index < -0.39 is 6.04 Å². The number of amides is 2. The van der Waals surface area contributed by atoms with Gasteiger partial charge >= 0.3 is 0 Å². The predicted octanol–water partition coefficient (Wildman–Crippen LogP) is 7.06. The van der Waals surface area contributed by atoms with E-state index in [1.165, 1.54) is 0 Å². The van der Waals surface area contributed by atoms with Gasteiger partial charge in [0, 0.05) is 19.5 Å². The smallest absolute Gasteiger partial charge is 0.261 e. The first-order valence-electron chi connectivity index (χ1n) is 12.2. The van der Waals surface area contributed by atoms with Crippen LogP contribution in [-0.2, 0) is 22.6 Å². The number of rotatable bonds is 10. The van der Waals surface area contributed by atoms with Gasteiger partial charge in [-0.15, -0.1) is 0 Å². The molecule has 38 heavy (non-hydrogen) atoms. The minimum absolute atomic E-state index is 0.159. The van der Waals surface area contributed by atoms with Crippen molar-refractivity contribution in [3.05, 3.63) is 111 Å². The number of likely N-dealkylation sites (N-methyl/N-ethyl adjacent to an activating group) is 1. The molecule has 4 rings (SSSR count). The van der Waals surface area contributed by atoms with Crippen LogP contribution in [-0.4, -0.2) is 35.9 Å². The highest BCUT2D eigenvalue weighted by molar-refractivity contribution is 9.10. The van der Waals surface area contributed by atoms with E-state index in [1.807, 2.05) is 73.7 Å². The molecule has 0 radical (unpaired) electrons. The number of carbonyl (C=O) groups excluding carboxylic acids is 2. The summed E-state index contributed by atoms with van der Waals surface area (Å²) in [6.07, 6.45) is 0.347. The Bertz CT molecular complexity index is 1430. The third kappa shape index (κ3) is 6.87. The van der Waals surface area contributed by atoms with Crippen molar-refractivity contribution in [1.82, 2.24) is 10.2 Å². The zero-order valence-electron chi connectivity index (χ0n) is 20.8. The van der Waals surface area contributed by atoms with Crippen LogP contribution < -0.4 is 10.1 Å². The highest BCUT2D eigenvalue weighted by Crippen LogP contribution is 2.33. The number of ether oxygens (including phenoxy) is 1. The maximum Gasteiger partial charge on any atom is 0.261 e. The van der Waals surface area contributed by atoms with E-state index in [2.05, 4.69) is 21.2 Å². The molecule has 5 nitrogen and oxygen atoms in total. The molecule has 0 heterocycles. The van der Waals surface area contributed by atoms with Gasteiger partial charge in [-0.05, 0) is 63.0 Å². The lowest BCUT2D eigenvalue weighted by Crippen LogP contribution is -2.51. The molecule has 1 N–H and O–H groups in total. The predicted molar refractivity (Wildman–Crippen MR) is 157 cm³/mol. The van der Waals surface area contributed by atoms with Gasteiger partial charge in [0.05, 0.1) is 14.5 Å². The zero-order chi connectivity index (χ0) is 27.1. The average molecular weight is 614 g/mol. The standard InChI is InChI=1S/C30H27BrCl2N2O3/c1-2-34-30(37)26(17-20-8-4-3-5-9-20)35(18-21-12-14-24(32)25(33)16-21)28(36)19-38-27-15-13-22-10-6-7-11-23(22)29(27)31/h3-16,26H,2,17-19H2,1H3,(H,34,37)/t26-/m1/s1. The van der Waals surface area contributed by atoms with Crippen molar-refractivity contribution in [3.63, 3.8) is 0 Å². The fourth-order valence-electron chi connectivity index (χ4n) is 4.23. The molecule has 0 saturated heterocycles. The summed E-state index contributed by atoms with van der Waals surface area (Å²) in [4.78, 5) is 28.6. The van der Waals surface area contributed by atoms with Crippen molar-refractivity contribution >= 4 is 61.7 Å². The van der Waals surface area contributed by atoms with E-state index in [0.29, 0.717) is 28.8 Å². The number of fused-ring (bicyclic) bond motifs is 1.